The van der Waals surface area contributed by atoms with Gasteiger partial charge in [0.15, 0.2) is 28.8 Å². The van der Waals surface area contributed by atoms with Crippen LogP contribution in [0.15, 0.2) is 133 Å². The highest BCUT2D eigenvalue weighted by Crippen LogP contribution is 2.37. The number of nitrogens with one attached hydrogen (secondary N) is 2. The van der Waals surface area contributed by atoms with Crippen molar-refractivity contribution in [2.75, 3.05) is 0 Å². The van der Waals surface area contributed by atoms with Crippen LogP contribution in [-0.2, 0) is 4.79 Å². The fraction of sp³-hybridized carbons (Fsp3) is 0.226. The zero-order chi connectivity index (χ0) is 46.1. The second-order valence-corrected chi connectivity index (χ2v) is 16.3. The highest BCUT2D eigenvalue weighted by Gasteiger charge is 2.33. The molecule has 11 nitrogen and oxygen atoms in total. The number of ketones is 1. The Balaban J connectivity index is 1.40. The Kier molecular flexibility index (Phi) is 15.0. The summed E-state index contributed by atoms with van der Waals surface area (Å²) in [7, 11) is 0. The molecular formula is C53H52N2O9. The van der Waals surface area contributed by atoms with Crippen molar-refractivity contribution in [1.29, 1.82) is 0 Å². The summed E-state index contributed by atoms with van der Waals surface area (Å²) in [5.41, 5.74) is 5.77. The highest BCUT2D eigenvalue weighted by atomic mass is 16.6. The molecule has 328 valence electrons. The van der Waals surface area contributed by atoms with Gasteiger partial charge in [-0.1, -0.05) is 82.9 Å². The molecule has 2 unspecified atom stereocenters. The maximum Gasteiger partial charge on any atom is 0.343 e. The summed E-state index contributed by atoms with van der Waals surface area (Å²) in [5, 5.41) is 6.74. The summed E-state index contributed by atoms with van der Waals surface area (Å²) >= 11 is 0. The molecular weight excluding hydrogens is 809 g/mol. The molecule has 11 heteroatoms. The van der Waals surface area contributed by atoms with Gasteiger partial charge in [0.1, 0.15) is 0 Å². The first-order valence-corrected chi connectivity index (χ1v) is 21.0. The summed E-state index contributed by atoms with van der Waals surface area (Å²) in [6.07, 6.45) is 0. The van der Waals surface area contributed by atoms with Gasteiger partial charge in [0, 0.05) is 12.1 Å². The zero-order valence-corrected chi connectivity index (χ0v) is 37.2. The van der Waals surface area contributed by atoms with Crippen LogP contribution in [0.4, 0.5) is 0 Å². The number of esters is 4. The third-order valence-electron chi connectivity index (χ3n) is 10.1. The predicted molar refractivity (Wildman–Crippen MR) is 244 cm³/mol. The van der Waals surface area contributed by atoms with Gasteiger partial charge in [0.25, 0.3) is 0 Å². The van der Waals surface area contributed by atoms with Crippen molar-refractivity contribution in [1.82, 2.24) is 10.6 Å². The number of Topliss-reactive ketones (excluding diaryl/α,β-unsaturated/α-hetero) is 1. The molecule has 0 aliphatic rings. The van der Waals surface area contributed by atoms with Gasteiger partial charge in [-0.25, -0.2) is 19.2 Å². The van der Waals surface area contributed by atoms with Gasteiger partial charge in [0.05, 0.1) is 34.3 Å². The normalized spacial score (nSPS) is 12.0. The summed E-state index contributed by atoms with van der Waals surface area (Å²) in [4.78, 5) is 68.9. The van der Waals surface area contributed by atoms with Crippen molar-refractivity contribution in [3.05, 3.63) is 189 Å². The number of aryl methyl sites for hydroxylation is 4. The molecule has 0 bridgehead atoms. The second kappa shape index (κ2) is 20.8. The van der Waals surface area contributed by atoms with E-state index in [9.17, 15) is 19.2 Å². The van der Waals surface area contributed by atoms with E-state index in [1.54, 1.807) is 109 Å². The molecule has 64 heavy (non-hydrogen) atoms. The van der Waals surface area contributed by atoms with Gasteiger partial charge < -0.3 is 29.6 Å². The zero-order valence-electron chi connectivity index (χ0n) is 37.2. The molecule has 0 saturated heterocycles. The van der Waals surface area contributed by atoms with E-state index in [0.29, 0.717) is 22.3 Å². The lowest BCUT2D eigenvalue weighted by Crippen LogP contribution is -2.42. The Bertz CT molecular complexity index is 2450. The summed E-state index contributed by atoms with van der Waals surface area (Å²) in [5.74, 6) is -3.28. The molecule has 2 atom stereocenters. The maximum absolute atomic E-state index is 15.1. The van der Waals surface area contributed by atoms with Gasteiger partial charge in [-0.2, -0.15) is 0 Å². The van der Waals surface area contributed by atoms with Gasteiger partial charge >= 0.3 is 23.9 Å². The van der Waals surface area contributed by atoms with Crippen molar-refractivity contribution in [3.63, 3.8) is 0 Å². The van der Waals surface area contributed by atoms with Crippen molar-refractivity contribution >= 4 is 29.7 Å². The predicted octanol–water partition coefficient (Wildman–Crippen LogP) is 10.1. The Hall–Kier alpha value is -7.21. The largest absolute Gasteiger partial charge is 0.419 e. The molecule has 6 rings (SSSR count). The molecule has 0 aliphatic carbocycles. The van der Waals surface area contributed by atoms with Crippen LogP contribution in [0.25, 0.3) is 0 Å². The molecule has 6 aromatic rings. The number of carbonyl (C=O) groups excluding carboxylic acids is 5. The number of benzene rings is 6. The van der Waals surface area contributed by atoms with Gasteiger partial charge in [-0.05, 0) is 139 Å². The fourth-order valence-electron chi connectivity index (χ4n) is 6.65. The quantitative estimate of drug-likeness (QED) is 0.0708. The highest BCUT2D eigenvalue weighted by molar-refractivity contribution is 5.96. The first-order valence-electron chi connectivity index (χ1n) is 21.0. The van der Waals surface area contributed by atoms with E-state index in [0.717, 1.165) is 22.3 Å². The van der Waals surface area contributed by atoms with E-state index >= 15 is 4.79 Å². The molecule has 0 heterocycles. The van der Waals surface area contributed by atoms with Gasteiger partial charge in [-0.3, -0.25) is 4.79 Å². The second-order valence-electron chi connectivity index (χ2n) is 16.3. The van der Waals surface area contributed by atoms with E-state index in [1.807, 2.05) is 55.4 Å². The molecule has 0 spiro atoms. The average Bonchev–Trinajstić information content (AvgIpc) is 3.26. The molecule has 0 aliphatic heterocycles. The lowest BCUT2D eigenvalue weighted by molar-refractivity contribution is -0.123. The van der Waals surface area contributed by atoms with Crippen molar-refractivity contribution in [2.24, 2.45) is 0 Å². The molecule has 2 N–H and O–H groups in total. The van der Waals surface area contributed by atoms with Crippen LogP contribution < -0.4 is 29.6 Å². The van der Waals surface area contributed by atoms with Crippen LogP contribution in [0.3, 0.4) is 0 Å². The third kappa shape index (κ3) is 12.0. The van der Waals surface area contributed by atoms with Crippen LogP contribution in [0.1, 0.15) is 115 Å². The monoisotopic (exact) mass is 860 g/mol. The maximum atomic E-state index is 15.1. The van der Waals surface area contributed by atoms with Crippen LogP contribution in [0.2, 0.25) is 0 Å². The lowest BCUT2D eigenvalue weighted by Gasteiger charge is -2.28. The van der Waals surface area contributed by atoms with Gasteiger partial charge in [0.2, 0.25) is 0 Å². The summed E-state index contributed by atoms with van der Waals surface area (Å²) in [6.45, 7) is 15.2. The van der Waals surface area contributed by atoms with E-state index in [2.05, 4.69) is 10.6 Å². The van der Waals surface area contributed by atoms with E-state index < -0.39 is 36.0 Å². The summed E-state index contributed by atoms with van der Waals surface area (Å²) in [6, 6.07) is 34.2. The summed E-state index contributed by atoms with van der Waals surface area (Å²) < 4.78 is 23.5. The number of hydrogen-bond donors (Lipinski definition) is 2. The minimum Gasteiger partial charge on any atom is -0.419 e. The van der Waals surface area contributed by atoms with Crippen LogP contribution in [0, 0.1) is 27.7 Å². The third-order valence-corrected chi connectivity index (χ3v) is 10.1. The molecule has 6 aromatic carbocycles. The van der Waals surface area contributed by atoms with Crippen molar-refractivity contribution in [2.45, 2.75) is 79.6 Å². The topological polar surface area (TPSA) is 146 Å². The molecule has 0 fully saturated rings. The molecule has 0 saturated carbocycles. The smallest absolute Gasteiger partial charge is 0.343 e. The lowest BCUT2D eigenvalue weighted by atomic mass is 9.91. The van der Waals surface area contributed by atoms with Crippen molar-refractivity contribution < 1.29 is 42.9 Å². The number of carbonyl (C=O) groups is 5. The first kappa shape index (κ1) is 46.3. The van der Waals surface area contributed by atoms with E-state index in [4.69, 9.17) is 18.9 Å². The van der Waals surface area contributed by atoms with Crippen LogP contribution >= 0.6 is 0 Å². The van der Waals surface area contributed by atoms with E-state index in [-0.39, 0.29) is 52.0 Å². The Morgan fingerprint density at radius 3 is 0.859 bits per heavy atom. The fourth-order valence-corrected chi connectivity index (χ4v) is 6.65. The Labute approximate surface area is 373 Å². The standard InChI is InChI=1S/C53H52N2O9/c1-31(2)54-47(41-25-27-43(61-50(57)37-17-9-33(5)10-18-37)45(29-41)63-52(59)39-21-13-35(7)14-22-39)49(56)48(55-32(3)4)42-26-28-44(62-51(58)38-19-11-34(6)12-20-38)46(30-42)64-53(60)40-23-15-36(8)16-24-40/h9-32,47-48,54-55H,1-8H3. The number of ether oxygens (including phenoxy) is 4. The molecule has 0 aromatic heterocycles. The van der Waals surface area contributed by atoms with E-state index in [1.165, 1.54) is 24.3 Å². The van der Waals surface area contributed by atoms with Crippen LogP contribution in [0.5, 0.6) is 23.0 Å². The Morgan fingerprint density at radius 2 is 0.609 bits per heavy atom. The minimum absolute atomic E-state index is 0.0294. The minimum atomic E-state index is -1.02. The molecule has 0 radical (unpaired) electrons. The van der Waals surface area contributed by atoms with Crippen LogP contribution in [-0.4, -0.2) is 41.7 Å². The number of rotatable bonds is 16. The first-order chi connectivity index (χ1) is 30.5. The van der Waals surface area contributed by atoms with Crippen molar-refractivity contribution in [3.8, 4) is 23.0 Å². The number of hydrogen-bond acceptors (Lipinski definition) is 11. The molecule has 0 amide bonds. The Morgan fingerprint density at radius 1 is 0.359 bits per heavy atom. The van der Waals surface area contributed by atoms with Gasteiger partial charge in [-0.15, -0.1) is 0 Å². The SMILES string of the molecule is Cc1ccc(C(=O)Oc2ccc(C(NC(C)C)C(=O)C(NC(C)C)c3ccc(OC(=O)c4ccc(C)cc4)c(OC(=O)c4ccc(C)cc4)c3)cc2OC(=O)c2ccc(C)cc2)cc1. The average molecular weight is 861 g/mol.